The van der Waals surface area contributed by atoms with Gasteiger partial charge >= 0.3 is 12.2 Å². The van der Waals surface area contributed by atoms with Crippen LogP contribution in [0.3, 0.4) is 0 Å². The molecule has 548 valence electrons. The van der Waals surface area contributed by atoms with E-state index in [4.69, 9.17) is 43.6 Å². The normalized spacial score (nSPS) is 21.0. The fraction of sp³-hybridized carbons (Fsp3) is 0.686. The maximum absolute atomic E-state index is 13.7. The molecule has 0 radical (unpaired) electrons. The van der Waals surface area contributed by atoms with Gasteiger partial charge in [-0.2, -0.15) is 0 Å². The lowest BCUT2D eigenvalue weighted by Crippen LogP contribution is -2.54. The van der Waals surface area contributed by atoms with Crippen molar-refractivity contribution >= 4 is 65.1 Å². The minimum Gasteiger partial charge on any atom is -0.444 e. The first-order valence-electron chi connectivity index (χ1n) is 35.0. The Morgan fingerprint density at radius 1 is 0.495 bits per heavy atom. The molecule has 6 fully saturated rings. The fourth-order valence-electron chi connectivity index (χ4n) is 13.4. The molecule has 6 saturated heterocycles. The fourth-order valence-corrected chi connectivity index (χ4v) is 13.4. The number of halogens is 1. The summed E-state index contributed by atoms with van der Waals surface area (Å²) < 4.78 is 58.2. The predicted molar refractivity (Wildman–Crippen MR) is 359 cm³/mol. The number of hydrogen-bond acceptors (Lipinski definition) is 22. The van der Waals surface area contributed by atoms with Gasteiger partial charge in [0, 0.05) is 70.9 Å². The molecule has 2 aromatic rings. The summed E-state index contributed by atoms with van der Waals surface area (Å²) in [5, 5.41) is 7.43. The maximum Gasteiger partial charge on any atom is 0.410 e. The van der Waals surface area contributed by atoms with Crippen molar-refractivity contribution in [3.05, 3.63) is 64.5 Å². The zero-order valence-electron chi connectivity index (χ0n) is 58.6. The number of fused-ring (bicyclic) bond motifs is 2. The van der Waals surface area contributed by atoms with Crippen molar-refractivity contribution in [1.29, 1.82) is 0 Å². The van der Waals surface area contributed by atoms with Crippen molar-refractivity contribution in [2.24, 2.45) is 16.6 Å². The van der Waals surface area contributed by atoms with E-state index in [2.05, 4.69) is 25.8 Å². The van der Waals surface area contributed by atoms with E-state index >= 15 is 0 Å². The van der Waals surface area contributed by atoms with E-state index in [0.29, 0.717) is 102 Å². The zero-order valence-corrected chi connectivity index (χ0v) is 58.6. The minimum atomic E-state index is -1.07. The van der Waals surface area contributed by atoms with Crippen molar-refractivity contribution in [3.63, 3.8) is 0 Å². The van der Waals surface area contributed by atoms with E-state index in [1.165, 1.54) is 25.0 Å². The highest BCUT2D eigenvalue weighted by atomic mass is 19.1. The second-order valence-corrected chi connectivity index (χ2v) is 28.3. The number of nitrogens with two attached hydrogens (primary N) is 1. The van der Waals surface area contributed by atoms with Gasteiger partial charge in [0.05, 0.1) is 102 Å². The molecule has 2 spiro atoms. The molecule has 0 saturated carbocycles. The number of amides is 10. The first-order valence-corrected chi connectivity index (χ1v) is 35.0. The van der Waals surface area contributed by atoms with Crippen LogP contribution in [0.5, 0.6) is 0 Å². The number of carbonyl (C=O) groups excluding carboxylic acids is 10. The second-order valence-electron chi connectivity index (χ2n) is 28.3. The average molecular weight is 1390 g/mol. The molecule has 2 atom stereocenters. The lowest BCUT2D eigenvalue weighted by atomic mass is 9.71. The van der Waals surface area contributed by atoms with Crippen molar-refractivity contribution in [3.8, 4) is 0 Å². The number of carbonyl (C=O) groups is 10. The third-order valence-electron chi connectivity index (χ3n) is 19.1. The van der Waals surface area contributed by atoms with E-state index in [1.807, 2.05) is 51.3 Å². The standard InChI is InChI=1S/C35H51N5O9.C22H43N3O5.C13H9FN2O4/c1-34(2,3)49-33(45)39-16-11-35(12-17-39)9-14-38(15-10-35)18-20-47-22-24-48-23-21-46-19-13-36-26-6-4-5-25-29(26)32(44)40(31(25)43)27-7-8-28(41)37-30(27)42;1-21(2,3)30-20(26)25-11-6-22(7-12-25)4-9-24(10-5-22)13-15-28-17-19-29-18-16-27-14-8-23;14-7-3-1-2-6-10(7)13(20)16(12(6)19)8-4-5-9(17)15-11(8)18/h4-6,27,36H,7-24H2,1-3H3,(H,37,41,42);4-19,23H2,1-3H3;1-3,8H,4-5H2,(H,15,17,18). The maximum atomic E-state index is 13.7. The quantitative estimate of drug-likeness (QED) is 0.0711. The van der Waals surface area contributed by atoms with Crippen LogP contribution in [0.4, 0.5) is 19.7 Å². The molecule has 8 heterocycles. The molecule has 0 aromatic heterocycles. The van der Waals surface area contributed by atoms with Gasteiger partial charge < -0.3 is 68.5 Å². The van der Waals surface area contributed by atoms with Crippen LogP contribution in [0.1, 0.15) is 160 Å². The highest BCUT2D eigenvalue weighted by Crippen LogP contribution is 2.43. The Bertz CT molecular complexity index is 3120. The number of ether oxygens (including phenoxy) is 8. The number of imide groups is 4. The topological polar surface area (TPSA) is 326 Å². The van der Waals surface area contributed by atoms with E-state index < -0.39 is 76.4 Å². The van der Waals surface area contributed by atoms with E-state index in [1.54, 1.807) is 18.2 Å². The van der Waals surface area contributed by atoms with Gasteiger partial charge in [0.15, 0.2) is 0 Å². The predicted octanol–water partition coefficient (Wildman–Crippen LogP) is 5.00. The number of hydrogen-bond donors (Lipinski definition) is 4. The van der Waals surface area contributed by atoms with Crippen LogP contribution in [0.25, 0.3) is 0 Å². The number of piperidine rings is 6. The van der Waals surface area contributed by atoms with Crippen molar-refractivity contribution in [1.82, 2.24) is 40.0 Å². The molecular formula is C70H103FN10O18. The van der Waals surface area contributed by atoms with E-state index in [0.717, 1.165) is 126 Å². The molecule has 29 heteroatoms. The van der Waals surface area contributed by atoms with Gasteiger partial charge in [-0.25, -0.2) is 14.0 Å². The molecule has 28 nitrogen and oxygen atoms in total. The monoisotopic (exact) mass is 1390 g/mol. The van der Waals surface area contributed by atoms with Gasteiger partial charge in [-0.1, -0.05) is 12.1 Å². The smallest absolute Gasteiger partial charge is 0.410 e. The molecule has 8 aliphatic heterocycles. The van der Waals surface area contributed by atoms with Gasteiger partial charge in [-0.05, 0) is 167 Å². The number of rotatable bonds is 26. The highest BCUT2D eigenvalue weighted by molar-refractivity contribution is 6.26. The molecule has 2 aromatic carbocycles. The third-order valence-corrected chi connectivity index (χ3v) is 19.1. The number of likely N-dealkylation sites (tertiary alicyclic amines) is 4. The van der Waals surface area contributed by atoms with Gasteiger partial charge in [0.1, 0.15) is 29.1 Å². The van der Waals surface area contributed by atoms with Crippen molar-refractivity contribution in [2.45, 2.75) is 142 Å². The first kappa shape index (κ1) is 77.6. The number of benzene rings is 2. The Morgan fingerprint density at radius 3 is 1.25 bits per heavy atom. The number of anilines is 1. The summed E-state index contributed by atoms with van der Waals surface area (Å²) in [4.78, 5) is 132. The summed E-state index contributed by atoms with van der Waals surface area (Å²) in [5.74, 6) is -5.63. The molecule has 10 rings (SSSR count). The first-order chi connectivity index (χ1) is 47.3. The summed E-state index contributed by atoms with van der Waals surface area (Å²) in [7, 11) is 0. The van der Waals surface area contributed by atoms with Crippen LogP contribution < -0.4 is 21.7 Å². The van der Waals surface area contributed by atoms with E-state index in [9.17, 15) is 52.3 Å². The SMILES string of the molecule is CC(C)(C)OC(=O)N1CCC2(CCN(CCOCCOCCOCCN)CC2)CC1.CC(C)(C)OC(=O)N1CCC2(CCN(CCOCCOCCOCCNc3cccc4c3C(=O)N(C3CCC(=O)NC3=O)C4=O)CC2)CC1.O=C1CCC(N2C(=O)c3cccc(F)c3C2=O)C(=O)N1. The molecule has 8 aliphatic rings. The lowest BCUT2D eigenvalue weighted by molar-refractivity contribution is -0.137. The molecule has 10 amide bonds. The second kappa shape index (κ2) is 36.5. The van der Waals surface area contributed by atoms with Crippen LogP contribution in [-0.4, -0.2) is 270 Å². The Labute approximate surface area is 579 Å². The van der Waals surface area contributed by atoms with Gasteiger partial charge in [-0.3, -0.25) is 58.8 Å². The van der Waals surface area contributed by atoms with Crippen LogP contribution in [0.2, 0.25) is 0 Å². The molecule has 0 aliphatic carbocycles. The third kappa shape index (κ3) is 22.2. The lowest BCUT2D eigenvalue weighted by Gasteiger charge is -2.46. The van der Waals surface area contributed by atoms with Gasteiger partial charge in [-0.15, -0.1) is 0 Å². The van der Waals surface area contributed by atoms with Gasteiger partial charge in [0.2, 0.25) is 23.6 Å². The van der Waals surface area contributed by atoms with E-state index in [-0.39, 0.29) is 60.1 Å². The molecule has 99 heavy (non-hydrogen) atoms. The summed E-state index contributed by atoms with van der Waals surface area (Å²) in [6.45, 7) is 28.4. The van der Waals surface area contributed by atoms with Gasteiger partial charge in [0.25, 0.3) is 23.6 Å². The van der Waals surface area contributed by atoms with Crippen molar-refractivity contribution in [2.75, 3.05) is 163 Å². The summed E-state index contributed by atoms with van der Waals surface area (Å²) in [6.07, 6.45) is 8.89. The van der Waals surface area contributed by atoms with Crippen LogP contribution in [0, 0.1) is 16.6 Å². The van der Waals surface area contributed by atoms with Crippen molar-refractivity contribution < 1.29 is 90.2 Å². The summed E-state index contributed by atoms with van der Waals surface area (Å²) in [6, 6.07) is 6.63. The number of nitrogens with one attached hydrogen (secondary N) is 3. The summed E-state index contributed by atoms with van der Waals surface area (Å²) in [5.41, 5.74) is 5.77. The highest BCUT2D eigenvalue weighted by Gasteiger charge is 2.48. The molecule has 5 N–H and O–H groups in total. The summed E-state index contributed by atoms with van der Waals surface area (Å²) >= 11 is 0. The average Bonchev–Trinajstić information content (AvgIpc) is 1.62. The zero-order chi connectivity index (χ0) is 71.3. The van der Waals surface area contributed by atoms with Crippen LogP contribution >= 0.6 is 0 Å². The Hall–Kier alpha value is -7.09. The Kier molecular flexibility index (Phi) is 28.6. The minimum absolute atomic E-state index is 0.0340. The molecule has 0 bridgehead atoms. The Morgan fingerprint density at radius 2 is 0.859 bits per heavy atom. The van der Waals surface area contributed by atoms with Crippen LogP contribution in [-0.2, 0) is 57.1 Å². The number of nitrogens with zero attached hydrogens (tertiary/aromatic N) is 6. The molecule has 2 unspecified atom stereocenters. The molecular weight excluding hydrogens is 1290 g/mol. The largest absolute Gasteiger partial charge is 0.444 e. The Balaban J connectivity index is 0.000000211. The van der Waals surface area contributed by atoms with Crippen LogP contribution in [0.15, 0.2) is 36.4 Å².